The molecule has 0 aliphatic rings. The van der Waals surface area contributed by atoms with Crippen molar-refractivity contribution in [2.45, 2.75) is 32.9 Å². The van der Waals surface area contributed by atoms with Gasteiger partial charge in [0.2, 0.25) is 0 Å². The summed E-state index contributed by atoms with van der Waals surface area (Å²) in [5.41, 5.74) is 4.07. The molecular formula is C21H25N5O3. The maximum Gasteiger partial charge on any atom is 0.251 e. The van der Waals surface area contributed by atoms with Gasteiger partial charge in [-0.05, 0) is 60.5 Å². The quantitative estimate of drug-likeness (QED) is 0.637. The Balaban J connectivity index is 2.12. The number of nitrogens with zero attached hydrogens (tertiary/aromatic N) is 4. The average Bonchev–Trinajstić information content (AvgIpc) is 3.23. The number of nitrogens with one attached hydrogen (secondary N) is 1. The zero-order valence-electron chi connectivity index (χ0n) is 17.0. The number of aryl methyl sites for hydroxylation is 1. The van der Waals surface area contributed by atoms with Crippen LogP contribution < -0.4 is 5.32 Å². The van der Waals surface area contributed by atoms with Crippen molar-refractivity contribution < 1.29 is 14.6 Å². The number of carbonyl (C=O) groups excluding carboxylic acids is 1. The number of benzene rings is 2. The fourth-order valence-corrected chi connectivity index (χ4v) is 2.87. The first-order chi connectivity index (χ1) is 13.9. The van der Waals surface area contributed by atoms with E-state index in [1.165, 1.54) is 0 Å². The maximum absolute atomic E-state index is 12.7. The van der Waals surface area contributed by atoms with Crippen LogP contribution in [0.2, 0.25) is 0 Å². The zero-order valence-corrected chi connectivity index (χ0v) is 17.0. The summed E-state index contributed by atoms with van der Waals surface area (Å²) in [7, 11) is 1.58. The molecule has 0 spiro atoms. The van der Waals surface area contributed by atoms with Gasteiger partial charge in [0.05, 0.1) is 12.3 Å². The second kappa shape index (κ2) is 8.93. The number of hydrogen-bond acceptors (Lipinski definition) is 6. The monoisotopic (exact) mass is 395 g/mol. The number of hydrogen-bond donors (Lipinski definition) is 2. The van der Waals surface area contributed by atoms with Crippen LogP contribution in [0.25, 0.3) is 16.8 Å². The predicted octanol–water partition coefficient (Wildman–Crippen LogP) is 2.46. The molecule has 0 fully saturated rings. The Morgan fingerprint density at radius 3 is 2.55 bits per heavy atom. The van der Waals surface area contributed by atoms with E-state index in [1.54, 1.807) is 24.8 Å². The first-order valence-electron chi connectivity index (χ1n) is 9.38. The van der Waals surface area contributed by atoms with E-state index in [2.05, 4.69) is 20.8 Å². The molecule has 29 heavy (non-hydrogen) atoms. The SMILES string of the molecule is CO[C@H](C)c1nnnn1-c1cc(C(=O)N[C@@H](C)CO)cc(-c2ccc(C)cc2)c1. The van der Waals surface area contributed by atoms with E-state index < -0.39 is 0 Å². The minimum atomic E-state index is -0.355. The van der Waals surface area contributed by atoms with Gasteiger partial charge in [0, 0.05) is 18.7 Å². The van der Waals surface area contributed by atoms with Gasteiger partial charge < -0.3 is 15.2 Å². The molecule has 2 N–H and O–H groups in total. The average molecular weight is 395 g/mol. The molecule has 0 saturated carbocycles. The molecule has 2 atom stereocenters. The van der Waals surface area contributed by atoms with Crippen molar-refractivity contribution in [2.75, 3.05) is 13.7 Å². The lowest BCUT2D eigenvalue weighted by Crippen LogP contribution is -2.35. The molecule has 2 aromatic carbocycles. The number of ether oxygens (including phenoxy) is 1. The number of aliphatic hydroxyl groups excluding tert-OH is 1. The van der Waals surface area contributed by atoms with Gasteiger partial charge in [-0.15, -0.1) is 5.10 Å². The van der Waals surface area contributed by atoms with Crippen molar-refractivity contribution in [1.29, 1.82) is 0 Å². The van der Waals surface area contributed by atoms with Crippen LogP contribution in [0, 0.1) is 6.92 Å². The van der Waals surface area contributed by atoms with Crippen molar-refractivity contribution in [1.82, 2.24) is 25.5 Å². The fourth-order valence-electron chi connectivity index (χ4n) is 2.87. The highest BCUT2D eigenvalue weighted by molar-refractivity contribution is 5.96. The third kappa shape index (κ3) is 4.67. The number of amides is 1. The first kappa shape index (κ1) is 20.6. The molecular weight excluding hydrogens is 370 g/mol. The van der Waals surface area contributed by atoms with Gasteiger partial charge in [0.1, 0.15) is 6.10 Å². The highest BCUT2D eigenvalue weighted by Crippen LogP contribution is 2.26. The van der Waals surface area contributed by atoms with Gasteiger partial charge in [-0.25, -0.2) is 0 Å². The molecule has 0 aliphatic carbocycles. The summed E-state index contributed by atoms with van der Waals surface area (Å²) >= 11 is 0. The Hall–Kier alpha value is -3.10. The Morgan fingerprint density at radius 1 is 1.17 bits per heavy atom. The second-order valence-electron chi connectivity index (χ2n) is 7.02. The van der Waals surface area contributed by atoms with Gasteiger partial charge >= 0.3 is 0 Å². The molecule has 1 aromatic heterocycles. The van der Waals surface area contributed by atoms with E-state index in [0.717, 1.165) is 16.7 Å². The number of aliphatic hydroxyl groups is 1. The largest absolute Gasteiger partial charge is 0.394 e. The van der Waals surface area contributed by atoms with E-state index in [9.17, 15) is 9.90 Å². The maximum atomic E-state index is 12.7. The van der Waals surface area contributed by atoms with Crippen molar-refractivity contribution in [3.63, 3.8) is 0 Å². The minimum absolute atomic E-state index is 0.140. The third-order valence-corrected chi connectivity index (χ3v) is 4.67. The third-order valence-electron chi connectivity index (χ3n) is 4.67. The van der Waals surface area contributed by atoms with E-state index in [4.69, 9.17) is 4.74 Å². The van der Waals surface area contributed by atoms with Crippen LogP contribution in [-0.4, -0.2) is 51.0 Å². The van der Waals surface area contributed by atoms with Crippen LogP contribution in [0.15, 0.2) is 42.5 Å². The Bertz CT molecular complexity index is 984. The molecule has 0 bridgehead atoms. The van der Waals surface area contributed by atoms with E-state index in [-0.39, 0.29) is 24.7 Å². The Labute approximate surface area is 169 Å². The van der Waals surface area contributed by atoms with Gasteiger partial charge in [0.25, 0.3) is 5.91 Å². The Morgan fingerprint density at radius 2 is 1.90 bits per heavy atom. The molecule has 1 heterocycles. The van der Waals surface area contributed by atoms with Crippen LogP contribution >= 0.6 is 0 Å². The highest BCUT2D eigenvalue weighted by Gasteiger charge is 2.18. The van der Waals surface area contributed by atoms with Crippen molar-refractivity contribution in [3.8, 4) is 16.8 Å². The van der Waals surface area contributed by atoms with Gasteiger partial charge in [-0.2, -0.15) is 4.68 Å². The first-order valence-corrected chi connectivity index (χ1v) is 9.38. The summed E-state index contributed by atoms with van der Waals surface area (Å²) < 4.78 is 6.93. The number of aromatic nitrogens is 4. The minimum Gasteiger partial charge on any atom is -0.394 e. The van der Waals surface area contributed by atoms with Crippen LogP contribution in [-0.2, 0) is 4.74 Å². The van der Waals surface area contributed by atoms with E-state index in [1.807, 2.05) is 50.2 Å². The van der Waals surface area contributed by atoms with Crippen molar-refractivity contribution >= 4 is 5.91 Å². The summed E-state index contributed by atoms with van der Waals surface area (Å²) in [4.78, 5) is 12.7. The van der Waals surface area contributed by atoms with Crippen molar-refractivity contribution in [2.24, 2.45) is 0 Å². The lowest BCUT2D eigenvalue weighted by molar-refractivity contribution is 0.0922. The van der Waals surface area contributed by atoms with Crippen LogP contribution in [0.4, 0.5) is 0 Å². The van der Waals surface area contributed by atoms with Gasteiger partial charge in [-0.3, -0.25) is 4.79 Å². The molecule has 0 unspecified atom stereocenters. The van der Waals surface area contributed by atoms with Crippen LogP contribution in [0.1, 0.15) is 41.7 Å². The molecule has 1 amide bonds. The summed E-state index contributed by atoms with van der Waals surface area (Å²) in [5, 5.41) is 23.9. The number of methoxy groups -OCH3 is 1. The molecule has 0 saturated heterocycles. The molecule has 3 aromatic rings. The fraction of sp³-hybridized carbons (Fsp3) is 0.333. The summed E-state index contributed by atoms with van der Waals surface area (Å²) in [6.07, 6.45) is -0.320. The highest BCUT2D eigenvalue weighted by atomic mass is 16.5. The van der Waals surface area contributed by atoms with Crippen LogP contribution in [0.5, 0.6) is 0 Å². The smallest absolute Gasteiger partial charge is 0.251 e. The second-order valence-corrected chi connectivity index (χ2v) is 7.02. The summed E-state index contributed by atoms with van der Waals surface area (Å²) in [6.45, 7) is 5.47. The molecule has 0 aliphatic heterocycles. The standard InChI is InChI=1S/C21H25N5O3/c1-13-5-7-16(8-6-13)17-9-18(21(28)22-14(2)12-27)11-19(10-17)26-20(15(3)29-4)23-24-25-26/h5-11,14-15,27H,12H2,1-4H3,(H,22,28)/t14-,15+/m0/s1. The molecule has 8 heteroatoms. The summed E-state index contributed by atoms with van der Waals surface area (Å²) in [5.74, 6) is 0.250. The Kier molecular flexibility index (Phi) is 6.36. The lowest BCUT2D eigenvalue weighted by Gasteiger charge is -2.15. The topological polar surface area (TPSA) is 102 Å². The number of rotatable bonds is 7. The van der Waals surface area contributed by atoms with Crippen LogP contribution in [0.3, 0.4) is 0 Å². The predicted molar refractivity (Wildman–Crippen MR) is 109 cm³/mol. The molecule has 3 rings (SSSR count). The van der Waals surface area contributed by atoms with E-state index >= 15 is 0 Å². The van der Waals surface area contributed by atoms with Gasteiger partial charge in [-0.1, -0.05) is 29.8 Å². The van der Waals surface area contributed by atoms with E-state index in [0.29, 0.717) is 17.1 Å². The number of tetrazole rings is 1. The lowest BCUT2D eigenvalue weighted by atomic mass is 10.0. The van der Waals surface area contributed by atoms with Crippen molar-refractivity contribution in [3.05, 3.63) is 59.4 Å². The van der Waals surface area contributed by atoms with Gasteiger partial charge in [0.15, 0.2) is 5.82 Å². The number of carbonyl (C=O) groups is 1. The normalized spacial score (nSPS) is 13.1. The zero-order chi connectivity index (χ0) is 21.0. The molecule has 0 radical (unpaired) electrons. The molecule has 152 valence electrons. The summed E-state index contributed by atoms with van der Waals surface area (Å²) in [6, 6.07) is 13.2. The molecule has 8 nitrogen and oxygen atoms in total.